The van der Waals surface area contributed by atoms with E-state index in [9.17, 15) is 4.79 Å². The first-order valence-electron chi connectivity index (χ1n) is 5.97. The number of methoxy groups -OCH3 is 2. The van der Waals surface area contributed by atoms with Gasteiger partial charge in [0, 0.05) is 11.2 Å². The van der Waals surface area contributed by atoms with Gasteiger partial charge in [-0.1, -0.05) is 11.6 Å². The van der Waals surface area contributed by atoms with Crippen molar-refractivity contribution < 1.29 is 14.3 Å². The molecule has 0 saturated carbocycles. The highest BCUT2D eigenvalue weighted by atomic mass is 79.9. The van der Waals surface area contributed by atoms with Gasteiger partial charge in [0.2, 0.25) is 0 Å². The summed E-state index contributed by atoms with van der Waals surface area (Å²) in [6.07, 6.45) is 1.43. The Bertz CT molecular complexity index is 796. The highest BCUT2D eigenvalue weighted by Gasteiger charge is 2.24. The fourth-order valence-electron chi connectivity index (χ4n) is 2.03. The van der Waals surface area contributed by atoms with Gasteiger partial charge in [-0.25, -0.2) is 4.79 Å². The van der Waals surface area contributed by atoms with Gasteiger partial charge in [-0.2, -0.15) is 5.26 Å². The molecule has 0 radical (unpaired) electrons. The van der Waals surface area contributed by atoms with E-state index in [-0.39, 0.29) is 16.9 Å². The van der Waals surface area contributed by atoms with E-state index in [1.807, 2.05) is 6.07 Å². The summed E-state index contributed by atoms with van der Waals surface area (Å²) in [6.45, 7) is 0. The van der Waals surface area contributed by atoms with Crippen LogP contribution >= 0.6 is 27.5 Å². The van der Waals surface area contributed by atoms with Crippen molar-refractivity contribution in [3.8, 4) is 17.5 Å². The Morgan fingerprint density at radius 3 is 2.68 bits per heavy atom. The number of halogens is 2. The lowest BCUT2D eigenvalue weighted by molar-refractivity contribution is 0.0593. The van der Waals surface area contributed by atoms with Crippen molar-refractivity contribution in [3.63, 3.8) is 0 Å². The van der Waals surface area contributed by atoms with E-state index in [1.54, 1.807) is 12.1 Å². The maximum Gasteiger partial charge on any atom is 0.357 e. The maximum atomic E-state index is 12.0. The van der Waals surface area contributed by atoms with Gasteiger partial charge in [-0.3, -0.25) is 0 Å². The highest BCUT2D eigenvalue weighted by Crippen LogP contribution is 2.37. The Labute approximate surface area is 140 Å². The lowest BCUT2D eigenvalue weighted by Gasteiger charge is -2.14. The second-order valence-electron chi connectivity index (χ2n) is 4.22. The summed E-state index contributed by atoms with van der Waals surface area (Å²) in [5, 5.41) is 9.55. The van der Waals surface area contributed by atoms with E-state index in [1.165, 1.54) is 25.0 Å². The van der Waals surface area contributed by atoms with Crippen molar-refractivity contribution in [1.82, 2.24) is 4.57 Å². The number of hydrogen-bond donors (Lipinski definition) is 1. The average molecular weight is 385 g/mol. The molecule has 0 aliphatic carbocycles. The Hall–Kier alpha value is -2.17. The molecule has 2 N–H and O–H groups in total. The van der Waals surface area contributed by atoms with Crippen LogP contribution in [-0.2, 0) is 4.74 Å². The Morgan fingerprint density at radius 2 is 2.14 bits per heavy atom. The molecule has 0 bridgehead atoms. The van der Waals surface area contributed by atoms with Gasteiger partial charge < -0.3 is 19.8 Å². The lowest BCUT2D eigenvalue weighted by atomic mass is 10.2. The van der Waals surface area contributed by atoms with Crippen LogP contribution in [-0.4, -0.2) is 24.8 Å². The minimum absolute atomic E-state index is 0.0338. The molecule has 8 heteroatoms. The number of nitrogens with two attached hydrogens (primary N) is 1. The van der Waals surface area contributed by atoms with Gasteiger partial charge >= 0.3 is 5.97 Å². The van der Waals surface area contributed by atoms with Crippen LogP contribution in [0.25, 0.3) is 5.69 Å². The molecule has 0 atom stereocenters. The van der Waals surface area contributed by atoms with Crippen molar-refractivity contribution in [2.24, 2.45) is 0 Å². The Morgan fingerprint density at radius 1 is 1.45 bits per heavy atom. The zero-order valence-electron chi connectivity index (χ0n) is 11.7. The zero-order chi connectivity index (χ0) is 16.4. The van der Waals surface area contributed by atoms with Crippen LogP contribution in [0, 0.1) is 11.3 Å². The van der Waals surface area contributed by atoms with Gasteiger partial charge in [0.1, 0.15) is 6.07 Å². The summed E-state index contributed by atoms with van der Waals surface area (Å²) in [5.41, 5.74) is 6.54. The number of nitrogen functional groups attached to an aromatic ring is 1. The van der Waals surface area contributed by atoms with E-state index in [2.05, 4.69) is 15.9 Å². The smallest absolute Gasteiger partial charge is 0.357 e. The fourth-order valence-corrected chi connectivity index (χ4v) is 2.99. The molecular formula is C14H11BrClN3O3. The second-order valence-corrected chi connectivity index (χ2v) is 5.51. The van der Waals surface area contributed by atoms with E-state index >= 15 is 0 Å². The molecule has 114 valence electrons. The largest absolute Gasteiger partial charge is 0.493 e. The molecule has 2 aromatic rings. The molecule has 0 saturated heterocycles. The summed E-state index contributed by atoms with van der Waals surface area (Å²) in [4.78, 5) is 12.0. The third-order valence-corrected chi connectivity index (χ3v) is 3.80. The first-order chi connectivity index (χ1) is 10.4. The van der Waals surface area contributed by atoms with Crippen LogP contribution in [0.3, 0.4) is 0 Å². The molecule has 0 fully saturated rings. The molecule has 1 heterocycles. The van der Waals surface area contributed by atoms with E-state index in [0.717, 1.165) is 0 Å². The molecule has 6 nitrogen and oxygen atoms in total. The highest BCUT2D eigenvalue weighted by molar-refractivity contribution is 9.10. The topological polar surface area (TPSA) is 90.3 Å². The number of benzene rings is 1. The van der Waals surface area contributed by atoms with Crippen LogP contribution in [0.5, 0.6) is 5.75 Å². The van der Waals surface area contributed by atoms with Crippen LogP contribution < -0.4 is 10.5 Å². The zero-order valence-corrected chi connectivity index (χ0v) is 14.0. The van der Waals surface area contributed by atoms with Crippen molar-refractivity contribution in [1.29, 1.82) is 5.26 Å². The Balaban J connectivity index is 2.84. The fraction of sp³-hybridized carbons (Fsp3) is 0.143. The number of rotatable bonds is 3. The first-order valence-corrected chi connectivity index (χ1v) is 7.14. The van der Waals surface area contributed by atoms with Gasteiger partial charge in [-0.05, 0) is 28.1 Å². The SMILES string of the molecule is COC(=O)c1c(N)c(C#N)cn1-c1cc(Cl)cc(Br)c1OC. The summed E-state index contributed by atoms with van der Waals surface area (Å²) in [7, 11) is 2.71. The first kappa shape index (κ1) is 16.2. The van der Waals surface area contributed by atoms with Gasteiger partial charge in [0.05, 0.1) is 35.6 Å². The number of nitriles is 1. The van der Waals surface area contributed by atoms with E-state index in [0.29, 0.717) is 20.9 Å². The number of aromatic nitrogens is 1. The summed E-state index contributed by atoms with van der Waals surface area (Å²) in [6, 6.07) is 5.18. The molecule has 0 amide bonds. The minimum atomic E-state index is -0.669. The predicted molar refractivity (Wildman–Crippen MR) is 85.5 cm³/mol. The lowest BCUT2D eigenvalue weighted by Crippen LogP contribution is -2.12. The number of esters is 1. The van der Waals surface area contributed by atoms with Crippen LogP contribution in [0.2, 0.25) is 5.02 Å². The van der Waals surface area contributed by atoms with Gasteiger partial charge in [0.25, 0.3) is 0 Å². The third-order valence-electron chi connectivity index (χ3n) is 3.00. The molecule has 0 aliphatic rings. The third kappa shape index (κ3) is 2.63. The number of ether oxygens (including phenoxy) is 2. The van der Waals surface area contributed by atoms with Crippen LogP contribution in [0.1, 0.15) is 16.1 Å². The number of carbonyl (C=O) groups is 1. The van der Waals surface area contributed by atoms with Gasteiger partial charge in [0.15, 0.2) is 11.4 Å². The predicted octanol–water partition coefficient (Wildman–Crippen LogP) is 3.14. The molecular weight excluding hydrogens is 374 g/mol. The molecule has 0 aliphatic heterocycles. The standard InChI is InChI=1S/C14H11BrClN3O3/c1-21-13-9(15)3-8(16)4-10(13)19-6-7(5-17)11(18)12(19)14(20)22-2/h3-4,6H,18H2,1-2H3. The summed E-state index contributed by atoms with van der Waals surface area (Å²) < 4.78 is 12.1. The van der Waals surface area contributed by atoms with Gasteiger partial charge in [-0.15, -0.1) is 0 Å². The van der Waals surface area contributed by atoms with Crippen molar-refractivity contribution in [3.05, 3.63) is 39.1 Å². The number of nitrogens with zero attached hydrogens (tertiary/aromatic N) is 2. The van der Waals surface area contributed by atoms with Crippen LogP contribution in [0.4, 0.5) is 5.69 Å². The minimum Gasteiger partial charge on any atom is -0.493 e. The summed E-state index contributed by atoms with van der Waals surface area (Å²) >= 11 is 9.41. The molecule has 1 aromatic heterocycles. The quantitative estimate of drug-likeness (QED) is 0.821. The normalized spacial score (nSPS) is 10.1. The van der Waals surface area contributed by atoms with Crippen LogP contribution in [0.15, 0.2) is 22.8 Å². The average Bonchev–Trinajstić information content (AvgIpc) is 2.82. The molecule has 1 aromatic carbocycles. The van der Waals surface area contributed by atoms with Crippen molar-refractivity contribution in [2.75, 3.05) is 20.0 Å². The van der Waals surface area contributed by atoms with Crippen molar-refractivity contribution in [2.45, 2.75) is 0 Å². The number of anilines is 1. The second kappa shape index (κ2) is 6.30. The number of carbonyl (C=O) groups excluding carboxylic acids is 1. The summed E-state index contributed by atoms with van der Waals surface area (Å²) in [5.74, 6) is -0.230. The molecule has 0 spiro atoms. The molecule has 22 heavy (non-hydrogen) atoms. The number of hydrogen-bond acceptors (Lipinski definition) is 5. The van der Waals surface area contributed by atoms with E-state index < -0.39 is 5.97 Å². The Kier molecular flexibility index (Phi) is 4.64. The molecule has 0 unspecified atom stereocenters. The maximum absolute atomic E-state index is 12.0. The molecule has 2 rings (SSSR count). The van der Waals surface area contributed by atoms with E-state index in [4.69, 9.17) is 32.1 Å². The monoisotopic (exact) mass is 383 g/mol. The van der Waals surface area contributed by atoms with Crippen molar-refractivity contribution >= 4 is 39.2 Å².